The van der Waals surface area contributed by atoms with Crippen molar-refractivity contribution in [3.63, 3.8) is 0 Å². The van der Waals surface area contributed by atoms with Crippen LogP contribution in [0.15, 0.2) is 53.0 Å². The largest absolute Gasteiger partial charge is 0.381 e. The van der Waals surface area contributed by atoms with E-state index in [1.54, 1.807) is 12.1 Å². The van der Waals surface area contributed by atoms with E-state index in [0.29, 0.717) is 25.3 Å². The van der Waals surface area contributed by atoms with Gasteiger partial charge in [0.25, 0.3) is 5.91 Å². The van der Waals surface area contributed by atoms with Crippen LogP contribution in [0.3, 0.4) is 0 Å². The van der Waals surface area contributed by atoms with Crippen molar-refractivity contribution in [2.24, 2.45) is 5.92 Å². The molecular weight excluding hydrogens is 456 g/mol. The third-order valence-corrected chi connectivity index (χ3v) is 6.53. The highest BCUT2D eigenvalue weighted by Gasteiger charge is 2.36. The van der Waals surface area contributed by atoms with E-state index in [-0.39, 0.29) is 23.1 Å². The first-order valence-corrected chi connectivity index (χ1v) is 11.6. The minimum absolute atomic E-state index is 0.0362. The van der Waals surface area contributed by atoms with Gasteiger partial charge in [-0.05, 0) is 55.5 Å². The molecular formula is C25H31BrN2O3. The molecule has 0 aliphatic carbocycles. The van der Waals surface area contributed by atoms with E-state index < -0.39 is 6.04 Å². The zero-order valence-electron chi connectivity index (χ0n) is 18.4. The van der Waals surface area contributed by atoms with Crippen LogP contribution in [0.25, 0.3) is 0 Å². The predicted octanol–water partition coefficient (Wildman–Crippen LogP) is 4.38. The summed E-state index contributed by atoms with van der Waals surface area (Å²) in [5.74, 6) is -0.427. The average molecular weight is 487 g/mol. The van der Waals surface area contributed by atoms with Gasteiger partial charge in [-0.2, -0.15) is 0 Å². The number of rotatable bonds is 7. The van der Waals surface area contributed by atoms with E-state index in [1.807, 2.05) is 45.0 Å². The van der Waals surface area contributed by atoms with Crippen LogP contribution in [0.2, 0.25) is 0 Å². The maximum absolute atomic E-state index is 13.1. The minimum Gasteiger partial charge on any atom is -0.381 e. The third-order valence-electron chi connectivity index (χ3n) is 6.04. The number of hydrogen-bond donors (Lipinski definition) is 2. The summed E-state index contributed by atoms with van der Waals surface area (Å²) in [7, 11) is 0. The number of nitrogens with one attached hydrogen (secondary N) is 2. The van der Waals surface area contributed by atoms with Crippen molar-refractivity contribution in [2.75, 3.05) is 19.8 Å². The van der Waals surface area contributed by atoms with Gasteiger partial charge in [0.05, 0.1) is 0 Å². The molecule has 166 valence electrons. The summed E-state index contributed by atoms with van der Waals surface area (Å²) < 4.78 is 6.62. The SMILES string of the molecule is Cc1ccc(C(=O)NC(C(=O)NCC2(c3cccc(Br)c3)CCOCC2)C(C)C)cc1. The van der Waals surface area contributed by atoms with Gasteiger partial charge in [-0.25, -0.2) is 0 Å². The second kappa shape index (κ2) is 10.4. The molecule has 1 heterocycles. The Morgan fingerprint density at radius 2 is 1.77 bits per heavy atom. The Morgan fingerprint density at radius 3 is 2.39 bits per heavy atom. The number of aryl methyl sites for hydroxylation is 1. The lowest BCUT2D eigenvalue weighted by molar-refractivity contribution is -0.124. The molecule has 6 heteroatoms. The van der Waals surface area contributed by atoms with Crippen LogP contribution in [0.1, 0.15) is 48.2 Å². The summed E-state index contributed by atoms with van der Waals surface area (Å²) in [5, 5.41) is 6.05. The van der Waals surface area contributed by atoms with Crippen molar-refractivity contribution < 1.29 is 14.3 Å². The summed E-state index contributed by atoms with van der Waals surface area (Å²) in [6.45, 7) is 7.70. The molecule has 5 nitrogen and oxygen atoms in total. The van der Waals surface area contributed by atoms with Crippen molar-refractivity contribution in [1.29, 1.82) is 0 Å². The Bertz CT molecular complexity index is 905. The topological polar surface area (TPSA) is 67.4 Å². The van der Waals surface area contributed by atoms with Crippen LogP contribution in [0.5, 0.6) is 0 Å². The van der Waals surface area contributed by atoms with Crippen LogP contribution in [0.4, 0.5) is 0 Å². The highest BCUT2D eigenvalue weighted by atomic mass is 79.9. The highest BCUT2D eigenvalue weighted by molar-refractivity contribution is 9.10. The Kier molecular flexibility index (Phi) is 7.89. The molecule has 3 rings (SSSR count). The van der Waals surface area contributed by atoms with Gasteiger partial charge in [-0.1, -0.05) is 59.6 Å². The molecule has 1 unspecified atom stereocenters. The van der Waals surface area contributed by atoms with Crippen LogP contribution in [-0.2, 0) is 14.9 Å². The fraction of sp³-hybridized carbons (Fsp3) is 0.440. The molecule has 0 saturated carbocycles. The predicted molar refractivity (Wildman–Crippen MR) is 126 cm³/mol. The van der Waals surface area contributed by atoms with Crippen molar-refractivity contribution in [1.82, 2.24) is 10.6 Å². The van der Waals surface area contributed by atoms with Crippen molar-refractivity contribution in [2.45, 2.75) is 45.1 Å². The molecule has 0 radical (unpaired) electrons. The lowest BCUT2D eigenvalue weighted by Gasteiger charge is -2.38. The van der Waals surface area contributed by atoms with Gasteiger partial charge < -0.3 is 15.4 Å². The quantitative estimate of drug-likeness (QED) is 0.610. The van der Waals surface area contributed by atoms with Gasteiger partial charge in [0.15, 0.2) is 0 Å². The van der Waals surface area contributed by atoms with E-state index in [1.165, 1.54) is 5.56 Å². The van der Waals surface area contributed by atoms with Crippen LogP contribution in [-0.4, -0.2) is 37.6 Å². The number of benzene rings is 2. The highest BCUT2D eigenvalue weighted by Crippen LogP contribution is 2.35. The lowest BCUT2D eigenvalue weighted by atomic mass is 9.74. The Balaban J connectivity index is 1.71. The molecule has 0 aromatic heterocycles. The van der Waals surface area contributed by atoms with E-state index in [0.717, 1.165) is 22.9 Å². The number of carbonyl (C=O) groups excluding carboxylic acids is 2. The smallest absolute Gasteiger partial charge is 0.251 e. The molecule has 2 aromatic rings. The van der Waals surface area contributed by atoms with Gasteiger partial charge in [-0.15, -0.1) is 0 Å². The molecule has 0 bridgehead atoms. The van der Waals surface area contributed by atoms with Gasteiger partial charge in [-0.3, -0.25) is 9.59 Å². The summed E-state index contributed by atoms with van der Waals surface area (Å²) in [6.07, 6.45) is 1.68. The van der Waals surface area contributed by atoms with Crippen LogP contribution in [0, 0.1) is 12.8 Å². The summed E-state index contributed by atoms with van der Waals surface area (Å²) in [4.78, 5) is 25.8. The summed E-state index contributed by atoms with van der Waals surface area (Å²) in [6, 6.07) is 15.0. The Labute approximate surface area is 193 Å². The first-order chi connectivity index (χ1) is 14.8. The number of carbonyl (C=O) groups is 2. The summed E-state index contributed by atoms with van der Waals surface area (Å²) >= 11 is 3.56. The van der Waals surface area contributed by atoms with E-state index in [2.05, 4.69) is 38.7 Å². The maximum Gasteiger partial charge on any atom is 0.251 e. The Hall–Kier alpha value is -2.18. The van der Waals surface area contributed by atoms with Crippen molar-refractivity contribution >= 4 is 27.7 Å². The molecule has 2 aromatic carbocycles. The minimum atomic E-state index is -0.604. The Morgan fingerprint density at radius 1 is 1.10 bits per heavy atom. The lowest BCUT2D eigenvalue weighted by Crippen LogP contribution is -2.53. The maximum atomic E-state index is 13.1. The van der Waals surface area contributed by atoms with Crippen molar-refractivity contribution in [3.05, 3.63) is 69.7 Å². The average Bonchev–Trinajstić information content (AvgIpc) is 2.76. The molecule has 2 amide bonds. The normalized spacial score (nSPS) is 16.5. The third kappa shape index (κ3) is 5.95. The molecule has 0 spiro atoms. The van der Waals surface area contributed by atoms with Gasteiger partial charge >= 0.3 is 0 Å². The fourth-order valence-corrected chi connectivity index (χ4v) is 4.38. The number of hydrogen-bond acceptors (Lipinski definition) is 3. The molecule has 1 aliphatic heterocycles. The number of halogens is 1. The first kappa shape index (κ1) is 23.5. The molecule has 31 heavy (non-hydrogen) atoms. The van der Waals surface area contributed by atoms with Crippen molar-refractivity contribution in [3.8, 4) is 0 Å². The molecule has 1 aliphatic rings. The second-order valence-electron chi connectivity index (χ2n) is 8.68. The zero-order chi connectivity index (χ0) is 22.4. The second-order valence-corrected chi connectivity index (χ2v) is 9.60. The summed E-state index contributed by atoms with van der Waals surface area (Å²) in [5.41, 5.74) is 2.65. The van der Waals surface area contributed by atoms with Crippen LogP contribution < -0.4 is 10.6 Å². The molecule has 1 atom stereocenters. The zero-order valence-corrected chi connectivity index (χ0v) is 20.0. The first-order valence-electron chi connectivity index (χ1n) is 10.8. The van der Waals surface area contributed by atoms with Crippen LogP contribution >= 0.6 is 15.9 Å². The van der Waals surface area contributed by atoms with E-state index in [9.17, 15) is 9.59 Å². The molecule has 1 saturated heterocycles. The van der Waals surface area contributed by atoms with E-state index >= 15 is 0 Å². The monoisotopic (exact) mass is 486 g/mol. The number of amides is 2. The fourth-order valence-electron chi connectivity index (χ4n) is 3.98. The van der Waals surface area contributed by atoms with E-state index in [4.69, 9.17) is 4.74 Å². The molecule has 2 N–H and O–H groups in total. The number of ether oxygens (including phenoxy) is 1. The standard InChI is InChI=1S/C25H31BrN2O3/c1-17(2)22(28-23(29)19-9-7-18(3)8-10-19)24(30)27-16-25(11-13-31-14-12-25)20-5-4-6-21(26)15-20/h4-10,15,17,22H,11-14,16H2,1-3H3,(H,27,30)(H,28,29). The van der Waals surface area contributed by atoms with Gasteiger partial charge in [0, 0.05) is 35.2 Å². The van der Waals surface area contributed by atoms with Gasteiger partial charge in [0.2, 0.25) is 5.91 Å². The molecule has 1 fully saturated rings. The van der Waals surface area contributed by atoms with Gasteiger partial charge in [0.1, 0.15) is 6.04 Å².